The molecule has 0 aliphatic rings. The van der Waals surface area contributed by atoms with Gasteiger partial charge in [-0.15, -0.1) is 0 Å². The standard InChI is InChI=1S/C13H14BrClN2O/c1-8(7-18)6-16-12-3-2-9-4-10(14)5-11(15)13(9)17-12/h2-5,8,18H,6-7H2,1H3,(H,16,17). The number of rotatable bonds is 4. The van der Waals surface area contributed by atoms with Crippen LogP contribution >= 0.6 is 27.5 Å². The fourth-order valence-electron chi connectivity index (χ4n) is 1.60. The molecule has 3 nitrogen and oxygen atoms in total. The smallest absolute Gasteiger partial charge is 0.126 e. The molecule has 5 heteroatoms. The van der Waals surface area contributed by atoms with Gasteiger partial charge in [0, 0.05) is 23.0 Å². The Balaban J connectivity index is 2.27. The van der Waals surface area contributed by atoms with E-state index in [1.807, 2.05) is 31.2 Å². The van der Waals surface area contributed by atoms with Gasteiger partial charge in [-0.2, -0.15) is 0 Å². The van der Waals surface area contributed by atoms with Gasteiger partial charge in [0.2, 0.25) is 0 Å². The minimum Gasteiger partial charge on any atom is -0.396 e. The summed E-state index contributed by atoms with van der Waals surface area (Å²) >= 11 is 9.57. The van der Waals surface area contributed by atoms with E-state index in [1.54, 1.807) is 0 Å². The summed E-state index contributed by atoms with van der Waals surface area (Å²) < 4.78 is 0.941. The predicted molar refractivity (Wildman–Crippen MR) is 79.2 cm³/mol. The lowest BCUT2D eigenvalue weighted by atomic mass is 10.2. The number of hydrogen-bond acceptors (Lipinski definition) is 3. The molecule has 0 spiro atoms. The fraction of sp³-hybridized carbons (Fsp3) is 0.308. The molecule has 1 heterocycles. The lowest BCUT2D eigenvalue weighted by Crippen LogP contribution is -2.15. The maximum atomic E-state index is 8.97. The molecule has 2 rings (SSSR count). The molecule has 96 valence electrons. The van der Waals surface area contributed by atoms with E-state index in [9.17, 15) is 0 Å². The van der Waals surface area contributed by atoms with Crippen molar-refractivity contribution >= 4 is 44.3 Å². The summed E-state index contributed by atoms with van der Waals surface area (Å²) in [5.74, 6) is 0.968. The third-order valence-electron chi connectivity index (χ3n) is 2.65. The Kier molecular flexibility index (Phi) is 4.43. The van der Waals surface area contributed by atoms with Crippen LogP contribution < -0.4 is 5.32 Å². The third kappa shape index (κ3) is 3.13. The molecule has 18 heavy (non-hydrogen) atoms. The van der Waals surface area contributed by atoms with Crippen molar-refractivity contribution in [3.63, 3.8) is 0 Å². The van der Waals surface area contributed by atoms with Gasteiger partial charge >= 0.3 is 0 Å². The summed E-state index contributed by atoms with van der Waals surface area (Å²) in [6.45, 7) is 2.82. The molecule has 0 radical (unpaired) electrons. The van der Waals surface area contributed by atoms with Crippen LogP contribution in [0.4, 0.5) is 5.82 Å². The van der Waals surface area contributed by atoms with Gasteiger partial charge in [0.15, 0.2) is 0 Å². The molecule has 0 saturated heterocycles. The van der Waals surface area contributed by atoms with E-state index in [4.69, 9.17) is 16.7 Å². The van der Waals surface area contributed by atoms with Crippen LogP contribution in [0.1, 0.15) is 6.92 Å². The maximum absolute atomic E-state index is 8.97. The Morgan fingerprint density at radius 3 is 2.94 bits per heavy atom. The second-order valence-corrected chi connectivity index (χ2v) is 5.65. The van der Waals surface area contributed by atoms with Crippen LogP contribution in [0.15, 0.2) is 28.7 Å². The molecule has 1 aromatic carbocycles. The number of benzene rings is 1. The van der Waals surface area contributed by atoms with Crippen LogP contribution in [-0.2, 0) is 0 Å². The SMILES string of the molecule is CC(CO)CNc1ccc2cc(Br)cc(Cl)c2n1. The highest BCUT2D eigenvalue weighted by Crippen LogP contribution is 2.27. The molecule has 0 saturated carbocycles. The molecule has 2 N–H and O–H groups in total. The van der Waals surface area contributed by atoms with E-state index >= 15 is 0 Å². The molecular formula is C13H14BrClN2O. The maximum Gasteiger partial charge on any atom is 0.126 e. The van der Waals surface area contributed by atoms with Gasteiger partial charge in [0.25, 0.3) is 0 Å². The molecule has 0 bridgehead atoms. The Labute approximate surface area is 119 Å². The largest absolute Gasteiger partial charge is 0.396 e. The molecule has 1 unspecified atom stereocenters. The van der Waals surface area contributed by atoms with Crippen molar-refractivity contribution in [2.24, 2.45) is 5.92 Å². The Bertz CT molecular complexity index is 562. The molecule has 0 aliphatic carbocycles. The average molecular weight is 330 g/mol. The van der Waals surface area contributed by atoms with Crippen LogP contribution in [0.25, 0.3) is 10.9 Å². The number of halogens is 2. The summed E-state index contributed by atoms with van der Waals surface area (Å²) in [7, 11) is 0. The van der Waals surface area contributed by atoms with Gasteiger partial charge in [-0.1, -0.05) is 34.5 Å². The average Bonchev–Trinajstić information content (AvgIpc) is 2.36. The van der Waals surface area contributed by atoms with Gasteiger partial charge in [0.1, 0.15) is 5.82 Å². The van der Waals surface area contributed by atoms with E-state index in [1.165, 1.54) is 0 Å². The van der Waals surface area contributed by atoms with Crippen molar-refractivity contribution in [1.82, 2.24) is 4.98 Å². The Morgan fingerprint density at radius 1 is 1.44 bits per heavy atom. The zero-order chi connectivity index (χ0) is 13.1. The summed E-state index contributed by atoms with van der Waals surface area (Å²) in [6, 6.07) is 7.70. The fourth-order valence-corrected chi connectivity index (χ4v) is 2.48. The third-order valence-corrected chi connectivity index (χ3v) is 3.40. The van der Waals surface area contributed by atoms with E-state index in [0.717, 1.165) is 21.2 Å². The number of aromatic nitrogens is 1. The first kappa shape index (κ1) is 13.6. The molecule has 1 aromatic heterocycles. The molecule has 1 atom stereocenters. The van der Waals surface area contributed by atoms with Crippen molar-refractivity contribution in [3.05, 3.63) is 33.8 Å². The Morgan fingerprint density at radius 2 is 2.22 bits per heavy atom. The van der Waals surface area contributed by atoms with Crippen molar-refractivity contribution in [2.45, 2.75) is 6.92 Å². The molecule has 0 amide bonds. The van der Waals surface area contributed by atoms with Crippen LogP contribution in [0, 0.1) is 5.92 Å². The van der Waals surface area contributed by atoms with Gasteiger partial charge in [-0.25, -0.2) is 4.98 Å². The second kappa shape index (κ2) is 5.87. The minimum atomic E-state index is 0.161. The van der Waals surface area contributed by atoms with Crippen molar-refractivity contribution in [2.75, 3.05) is 18.5 Å². The molecule has 0 fully saturated rings. The quantitative estimate of drug-likeness (QED) is 0.899. The van der Waals surface area contributed by atoms with Crippen LogP contribution in [0.3, 0.4) is 0 Å². The highest BCUT2D eigenvalue weighted by molar-refractivity contribution is 9.10. The molecule has 0 aliphatic heterocycles. The topological polar surface area (TPSA) is 45.1 Å². The number of hydrogen-bond donors (Lipinski definition) is 2. The number of anilines is 1. The van der Waals surface area contributed by atoms with Crippen LogP contribution in [0.2, 0.25) is 5.02 Å². The number of nitrogens with one attached hydrogen (secondary N) is 1. The summed E-state index contributed by atoms with van der Waals surface area (Å²) in [6.07, 6.45) is 0. The minimum absolute atomic E-state index is 0.161. The van der Waals surface area contributed by atoms with E-state index in [-0.39, 0.29) is 12.5 Å². The lowest BCUT2D eigenvalue weighted by Gasteiger charge is -2.11. The first-order chi connectivity index (χ1) is 8.60. The van der Waals surface area contributed by atoms with Gasteiger partial charge in [-0.05, 0) is 30.2 Å². The van der Waals surface area contributed by atoms with Crippen molar-refractivity contribution in [3.8, 4) is 0 Å². The zero-order valence-electron chi connectivity index (χ0n) is 9.95. The van der Waals surface area contributed by atoms with Gasteiger partial charge in [-0.3, -0.25) is 0 Å². The van der Waals surface area contributed by atoms with Gasteiger partial charge < -0.3 is 10.4 Å². The normalized spacial score (nSPS) is 12.7. The highest BCUT2D eigenvalue weighted by atomic mass is 79.9. The molecule has 2 aromatic rings. The number of aliphatic hydroxyl groups excluding tert-OH is 1. The second-order valence-electron chi connectivity index (χ2n) is 4.32. The predicted octanol–water partition coefficient (Wildman–Crippen LogP) is 3.69. The van der Waals surface area contributed by atoms with Crippen LogP contribution in [0.5, 0.6) is 0 Å². The van der Waals surface area contributed by atoms with Gasteiger partial charge in [0.05, 0.1) is 10.5 Å². The highest BCUT2D eigenvalue weighted by Gasteiger charge is 2.05. The summed E-state index contributed by atoms with van der Waals surface area (Å²) in [5.41, 5.74) is 0.779. The summed E-state index contributed by atoms with van der Waals surface area (Å²) in [4.78, 5) is 4.48. The lowest BCUT2D eigenvalue weighted by molar-refractivity contribution is 0.244. The number of aliphatic hydroxyl groups is 1. The first-order valence-corrected chi connectivity index (χ1v) is 6.88. The number of nitrogens with zero attached hydrogens (tertiary/aromatic N) is 1. The van der Waals surface area contributed by atoms with Crippen molar-refractivity contribution in [1.29, 1.82) is 0 Å². The van der Waals surface area contributed by atoms with E-state index < -0.39 is 0 Å². The Hall–Kier alpha value is -0.840. The van der Waals surface area contributed by atoms with Crippen LogP contribution in [-0.4, -0.2) is 23.2 Å². The van der Waals surface area contributed by atoms with E-state index in [2.05, 4.69) is 26.2 Å². The molecular weight excluding hydrogens is 316 g/mol. The van der Waals surface area contributed by atoms with E-state index in [0.29, 0.717) is 11.6 Å². The van der Waals surface area contributed by atoms with Crippen molar-refractivity contribution < 1.29 is 5.11 Å². The monoisotopic (exact) mass is 328 g/mol. The summed E-state index contributed by atoms with van der Waals surface area (Å²) in [5, 5.41) is 13.8. The first-order valence-electron chi connectivity index (χ1n) is 5.70. The number of fused-ring (bicyclic) bond motifs is 1. The number of pyridine rings is 1. The zero-order valence-corrected chi connectivity index (χ0v) is 12.3.